The normalized spacial score (nSPS) is 15.9. The Labute approximate surface area is 176 Å². The number of aromatic nitrogens is 3. The van der Waals surface area contributed by atoms with Gasteiger partial charge < -0.3 is 15.0 Å². The molecule has 0 radical (unpaired) electrons. The van der Waals surface area contributed by atoms with Crippen molar-refractivity contribution in [1.29, 1.82) is 0 Å². The van der Waals surface area contributed by atoms with E-state index in [1.165, 1.54) is 28.6 Å². The number of ether oxygens (including phenoxy) is 1. The molecule has 1 N–H and O–H groups in total. The van der Waals surface area contributed by atoms with Crippen LogP contribution in [0.25, 0.3) is 20.4 Å². The molecule has 0 fully saturated rings. The number of rotatable bonds is 7. The Morgan fingerprint density at radius 1 is 1.24 bits per heavy atom. The van der Waals surface area contributed by atoms with Gasteiger partial charge in [0.2, 0.25) is 0 Å². The Bertz CT molecular complexity index is 1030. The highest BCUT2D eigenvalue weighted by molar-refractivity contribution is 7.26. The molecule has 0 atom stereocenters. The number of nitrogens with one attached hydrogen (secondary N) is 1. The van der Waals surface area contributed by atoms with Crippen LogP contribution in [-0.4, -0.2) is 52.6 Å². The lowest BCUT2D eigenvalue weighted by molar-refractivity contribution is -0.0401. The van der Waals surface area contributed by atoms with E-state index in [2.05, 4.69) is 55.1 Å². The highest BCUT2D eigenvalue weighted by atomic mass is 32.1. The number of thiophene rings is 1. The van der Waals surface area contributed by atoms with E-state index in [9.17, 15) is 0 Å². The molecule has 0 aromatic carbocycles. The number of aryl methyl sites for hydroxylation is 1. The molecule has 0 aliphatic carbocycles. The van der Waals surface area contributed by atoms with Crippen LogP contribution in [0, 0.1) is 0 Å². The summed E-state index contributed by atoms with van der Waals surface area (Å²) in [7, 11) is 4.16. The van der Waals surface area contributed by atoms with Crippen LogP contribution in [0.2, 0.25) is 0 Å². The maximum atomic E-state index is 6.16. The van der Waals surface area contributed by atoms with Crippen molar-refractivity contribution in [3.8, 4) is 0 Å². The first kappa shape index (κ1) is 20.4. The van der Waals surface area contributed by atoms with Crippen LogP contribution in [0.15, 0.2) is 6.33 Å². The molecule has 3 aromatic heterocycles. The lowest BCUT2D eigenvalue weighted by Crippen LogP contribution is -2.32. The van der Waals surface area contributed by atoms with Crippen molar-refractivity contribution in [3.63, 3.8) is 0 Å². The van der Waals surface area contributed by atoms with Crippen molar-refractivity contribution < 1.29 is 4.74 Å². The third-order valence-electron chi connectivity index (χ3n) is 5.53. The number of unbranched alkanes of at least 4 members (excludes halogenated alkanes) is 1. The van der Waals surface area contributed by atoms with Gasteiger partial charge in [-0.2, -0.15) is 0 Å². The van der Waals surface area contributed by atoms with E-state index in [0.29, 0.717) is 6.61 Å². The van der Waals surface area contributed by atoms with E-state index in [0.717, 1.165) is 53.2 Å². The van der Waals surface area contributed by atoms with Gasteiger partial charge in [-0.3, -0.25) is 0 Å². The summed E-state index contributed by atoms with van der Waals surface area (Å²) >= 11 is 1.71. The van der Waals surface area contributed by atoms with Gasteiger partial charge in [0.1, 0.15) is 17.0 Å². The van der Waals surface area contributed by atoms with E-state index in [-0.39, 0.29) is 5.60 Å². The summed E-state index contributed by atoms with van der Waals surface area (Å²) < 4.78 is 7.27. The maximum absolute atomic E-state index is 6.16. The maximum Gasteiger partial charge on any atom is 0.147 e. The molecule has 1 aliphatic heterocycles. The zero-order chi connectivity index (χ0) is 20.6. The molecule has 1 aliphatic rings. The van der Waals surface area contributed by atoms with Crippen molar-refractivity contribution >= 4 is 37.6 Å². The monoisotopic (exact) mass is 413 g/mol. The zero-order valence-corrected chi connectivity index (χ0v) is 18.9. The lowest BCUT2D eigenvalue weighted by atomic mass is 9.88. The smallest absolute Gasteiger partial charge is 0.147 e. The Hall–Kier alpha value is -1.83. The van der Waals surface area contributed by atoms with Crippen molar-refractivity contribution in [2.75, 3.05) is 32.5 Å². The summed E-state index contributed by atoms with van der Waals surface area (Å²) in [6, 6.07) is 0. The molecule has 0 saturated carbocycles. The number of pyridine rings is 1. The van der Waals surface area contributed by atoms with Gasteiger partial charge in [0.25, 0.3) is 0 Å². The van der Waals surface area contributed by atoms with E-state index in [1.54, 1.807) is 17.7 Å². The third-order valence-corrected chi connectivity index (χ3v) is 6.61. The van der Waals surface area contributed by atoms with Crippen LogP contribution < -0.4 is 5.32 Å². The molecule has 29 heavy (non-hydrogen) atoms. The molecule has 0 bridgehead atoms. The minimum absolute atomic E-state index is 0.169. The molecule has 0 spiro atoms. The number of hydrogen-bond acceptors (Lipinski definition) is 7. The summed E-state index contributed by atoms with van der Waals surface area (Å²) in [6.07, 6.45) is 5.88. The Balaban J connectivity index is 1.86. The van der Waals surface area contributed by atoms with Crippen molar-refractivity contribution in [2.45, 2.75) is 58.7 Å². The van der Waals surface area contributed by atoms with Crippen LogP contribution in [0.5, 0.6) is 0 Å². The van der Waals surface area contributed by atoms with Gasteiger partial charge in [-0.05, 0) is 46.3 Å². The first-order chi connectivity index (χ1) is 13.9. The highest BCUT2D eigenvalue weighted by Gasteiger charge is 2.31. The average Bonchev–Trinajstić information content (AvgIpc) is 3.04. The largest absolute Gasteiger partial charge is 0.370 e. The van der Waals surface area contributed by atoms with Gasteiger partial charge in [0, 0.05) is 36.2 Å². The van der Waals surface area contributed by atoms with Crippen LogP contribution in [0.4, 0.5) is 5.82 Å². The summed E-state index contributed by atoms with van der Waals surface area (Å²) in [5.41, 5.74) is 4.71. The molecule has 156 valence electrons. The van der Waals surface area contributed by atoms with Crippen molar-refractivity contribution in [1.82, 2.24) is 19.9 Å². The third kappa shape index (κ3) is 4.09. The molecule has 0 amide bonds. The fourth-order valence-corrected chi connectivity index (χ4v) is 5.09. The second-order valence-electron chi connectivity index (χ2n) is 8.76. The summed E-state index contributed by atoms with van der Waals surface area (Å²) in [4.78, 5) is 17.6. The number of likely N-dealkylation sites (N-methyl/N-ethyl adjacent to an activating group) is 1. The summed E-state index contributed by atoms with van der Waals surface area (Å²) in [5.74, 6) is 0.912. The number of hydrogen-bond donors (Lipinski definition) is 1. The van der Waals surface area contributed by atoms with Gasteiger partial charge in [0.15, 0.2) is 0 Å². The van der Waals surface area contributed by atoms with Crippen LogP contribution in [0.3, 0.4) is 0 Å². The lowest BCUT2D eigenvalue weighted by Gasteiger charge is -2.33. The molecule has 4 rings (SSSR count). The molecular weight excluding hydrogens is 382 g/mol. The van der Waals surface area contributed by atoms with Gasteiger partial charge in [0.05, 0.1) is 22.4 Å². The standard InChI is InChI=1S/C22H31N5OS/c1-6-7-8-16-15-12-28-22(2,3)11-14(15)17-18-19(29-21(17)26-16)20(25-13-24-18)23-9-10-27(4)5/h13H,6-12H2,1-5H3,(H,23,24,25). The number of anilines is 1. The Morgan fingerprint density at radius 3 is 2.83 bits per heavy atom. The van der Waals surface area contributed by atoms with E-state index >= 15 is 0 Å². The molecule has 7 heteroatoms. The fourth-order valence-electron chi connectivity index (χ4n) is 3.95. The average molecular weight is 414 g/mol. The van der Waals surface area contributed by atoms with Crippen molar-refractivity contribution in [2.24, 2.45) is 0 Å². The zero-order valence-electron chi connectivity index (χ0n) is 18.1. The molecular formula is C22H31N5OS. The van der Waals surface area contributed by atoms with Gasteiger partial charge in [-0.15, -0.1) is 11.3 Å². The number of nitrogens with zero attached hydrogens (tertiary/aromatic N) is 4. The first-order valence-corrected chi connectivity index (χ1v) is 11.3. The summed E-state index contributed by atoms with van der Waals surface area (Å²) in [5, 5.41) is 4.69. The topological polar surface area (TPSA) is 63.2 Å². The van der Waals surface area contributed by atoms with Gasteiger partial charge >= 0.3 is 0 Å². The fraction of sp³-hybridized carbons (Fsp3) is 0.591. The molecule has 0 unspecified atom stereocenters. The van der Waals surface area contributed by atoms with Crippen LogP contribution in [-0.2, 0) is 24.2 Å². The van der Waals surface area contributed by atoms with Gasteiger partial charge in [-0.1, -0.05) is 13.3 Å². The second-order valence-corrected chi connectivity index (χ2v) is 9.76. The molecule has 3 aromatic rings. The Kier molecular flexibility index (Phi) is 5.73. The van der Waals surface area contributed by atoms with E-state index in [1.807, 2.05) is 0 Å². The SMILES string of the molecule is CCCCc1nc2sc3c(NCCN(C)C)ncnc3c2c2c1COC(C)(C)C2. The predicted octanol–water partition coefficient (Wildman–Crippen LogP) is 4.41. The highest BCUT2D eigenvalue weighted by Crippen LogP contribution is 2.42. The minimum Gasteiger partial charge on any atom is -0.370 e. The van der Waals surface area contributed by atoms with E-state index < -0.39 is 0 Å². The molecule has 0 saturated heterocycles. The van der Waals surface area contributed by atoms with Crippen molar-refractivity contribution in [3.05, 3.63) is 23.1 Å². The Morgan fingerprint density at radius 2 is 2.07 bits per heavy atom. The predicted molar refractivity (Wildman–Crippen MR) is 121 cm³/mol. The summed E-state index contributed by atoms with van der Waals surface area (Å²) in [6.45, 7) is 9.02. The first-order valence-electron chi connectivity index (χ1n) is 10.5. The van der Waals surface area contributed by atoms with E-state index in [4.69, 9.17) is 9.72 Å². The minimum atomic E-state index is -0.169. The van der Waals surface area contributed by atoms with Crippen LogP contribution >= 0.6 is 11.3 Å². The number of fused-ring (bicyclic) bond motifs is 5. The molecule has 4 heterocycles. The molecule has 6 nitrogen and oxygen atoms in total. The quantitative estimate of drug-likeness (QED) is 0.619. The van der Waals surface area contributed by atoms with Crippen LogP contribution in [0.1, 0.15) is 50.4 Å². The van der Waals surface area contributed by atoms with Gasteiger partial charge in [-0.25, -0.2) is 15.0 Å². The second kappa shape index (κ2) is 8.13.